The van der Waals surface area contributed by atoms with E-state index in [4.69, 9.17) is 0 Å². The Morgan fingerprint density at radius 2 is 1.42 bits per heavy atom. The Kier molecular flexibility index (Phi) is 13.3. The van der Waals surface area contributed by atoms with E-state index in [-0.39, 0.29) is 0 Å². The van der Waals surface area contributed by atoms with Gasteiger partial charge in [-0.1, -0.05) is 78.1 Å². The van der Waals surface area contributed by atoms with E-state index in [1.54, 1.807) is 0 Å². The van der Waals surface area contributed by atoms with Crippen LogP contribution < -0.4 is 16.3 Å². The smallest absolute Gasteiger partial charge is 0.0743 e. The molecule has 0 aromatic rings. The van der Waals surface area contributed by atoms with Crippen molar-refractivity contribution in [1.82, 2.24) is 21.4 Å². The van der Waals surface area contributed by atoms with Crippen LogP contribution in [0.15, 0.2) is 17.0 Å². The fraction of sp³-hybridized carbons (Fsp3) is 0.842. The average Bonchev–Trinajstić information content (AvgIpc) is 2.60. The Labute approximate surface area is 149 Å². The largest absolute Gasteiger partial charge is 0.382 e. The molecule has 1 aliphatic heterocycles. The highest BCUT2D eigenvalue weighted by atomic mass is 15.8. The zero-order valence-electron chi connectivity index (χ0n) is 15.9. The number of hydrogen-bond donors (Lipinski definition) is 3. The molecular formula is C19H39N5. The summed E-state index contributed by atoms with van der Waals surface area (Å²) in [4.78, 5) is 0. The van der Waals surface area contributed by atoms with Crippen molar-refractivity contribution in [3.63, 3.8) is 0 Å². The van der Waals surface area contributed by atoms with Gasteiger partial charge in [-0.05, 0) is 12.8 Å². The topological polar surface area (TPSA) is 51.7 Å². The van der Waals surface area contributed by atoms with E-state index in [1.807, 2.05) is 17.5 Å². The number of nitrogens with one attached hydrogen (secondary N) is 3. The van der Waals surface area contributed by atoms with E-state index in [9.17, 15) is 0 Å². The van der Waals surface area contributed by atoms with E-state index in [2.05, 4.69) is 35.2 Å². The molecule has 0 atom stereocenters. The lowest BCUT2D eigenvalue weighted by atomic mass is 10.1. The molecule has 0 aromatic heterocycles. The SMILES string of the molecule is CCCCCCCCNC1=CN(NCCCCCCCC)NN=C1. The summed E-state index contributed by atoms with van der Waals surface area (Å²) < 4.78 is 0. The monoisotopic (exact) mass is 337 g/mol. The predicted octanol–water partition coefficient (Wildman–Crippen LogP) is 4.45. The number of allylic oxidation sites excluding steroid dienone is 1. The summed E-state index contributed by atoms with van der Waals surface area (Å²) in [6.07, 6.45) is 19.8. The van der Waals surface area contributed by atoms with Crippen molar-refractivity contribution in [3.8, 4) is 0 Å². The summed E-state index contributed by atoms with van der Waals surface area (Å²) >= 11 is 0. The van der Waals surface area contributed by atoms with Gasteiger partial charge in [-0.3, -0.25) is 0 Å². The summed E-state index contributed by atoms with van der Waals surface area (Å²) in [5, 5.41) is 9.49. The third kappa shape index (κ3) is 11.3. The lowest BCUT2D eigenvalue weighted by molar-refractivity contribution is 0.183. The van der Waals surface area contributed by atoms with Gasteiger partial charge in [0, 0.05) is 13.1 Å². The Bertz CT molecular complexity index is 341. The van der Waals surface area contributed by atoms with Gasteiger partial charge in [-0.25, -0.2) is 16.1 Å². The standard InChI is InChI=1S/C19H39N5/c1-3-5-7-9-11-13-15-20-19-17-21-23-24(18-19)22-16-14-12-10-8-6-4-2/h17-18,20,22-23H,3-16H2,1-2H3. The molecule has 0 fully saturated rings. The second kappa shape index (κ2) is 15.3. The maximum Gasteiger partial charge on any atom is 0.0743 e. The Morgan fingerprint density at radius 3 is 2.08 bits per heavy atom. The van der Waals surface area contributed by atoms with Crippen molar-refractivity contribution in [2.24, 2.45) is 5.10 Å². The van der Waals surface area contributed by atoms with Crippen molar-refractivity contribution in [2.75, 3.05) is 13.1 Å². The van der Waals surface area contributed by atoms with Gasteiger partial charge >= 0.3 is 0 Å². The summed E-state index contributed by atoms with van der Waals surface area (Å²) in [5.41, 5.74) is 7.39. The number of hydrazine groups is 2. The van der Waals surface area contributed by atoms with Crippen molar-refractivity contribution in [2.45, 2.75) is 90.9 Å². The van der Waals surface area contributed by atoms with Crippen LogP contribution >= 0.6 is 0 Å². The van der Waals surface area contributed by atoms with Crippen LogP contribution in [0.25, 0.3) is 0 Å². The summed E-state index contributed by atoms with van der Waals surface area (Å²) in [6.45, 7) is 6.52. The zero-order valence-corrected chi connectivity index (χ0v) is 15.9. The van der Waals surface area contributed by atoms with E-state index in [1.165, 1.54) is 77.0 Å². The fourth-order valence-corrected chi connectivity index (χ4v) is 2.78. The summed E-state index contributed by atoms with van der Waals surface area (Å²) in [7, 11) is 0. The first-order chi connectivity index (χ1) is 11.9. The Morgan fingerprint density at radius 1 is 0.833 bits per heavy atom. The predicted molar refractivity (Wildman–Crippen MR) is 104 cm³/mol. The molecule has 140 valence electrons. The van der Waals surface area contributed by atoms with Gasteiger partial charge in [0.1, 0.15) is 0 Å². The lowest BCUT2D eigenvalue weighted by Gasteiger charge is -2.24. The lowest BCUT2D eigenvalue weighted by Crippen LogP contribution is -2.45. The quantitative estimate of drug-likeness (QED) is 0.364. The molecule has 0 radical (unpaired) electrons. The molecule has 0 unspecified atom stereocenters. The van der Waals surface area contributed by atoms with Crippen molar-refractivity contribution in [3.05, 3.63) is 11.9 Å². The van der Waals surface area contributed by atoms with Gasteiger partial charge in [0.2, 0.25) is 0 Å². The number of hydrogen-bond acceptors (Lipinski definition) is 5. The highest BCUT2D eigenvalue weighted by molar-refractivity contribution is 5.77. The van der Waals surface area contributed by atoms with E-state index < -0.39 is 0 Å². The zero-order chi connectivity index (χ0) is 17.3. The number of nitrogens with zero attached hydrogens (tertiary/aromatic N) is 2. The molecule has 0 saturated heterocycles. The van der Waals surface area contributed by atoms with Gasteiger partial charge in [-0.2, -0.15) is 5.10 Å². The molecule has 3 N–H and O–H groups in total. The molecule has 1 heterocycles. The van der Waals surface area contributed by atoms with E-state index in [0.717, 1.165) is 18.8 Å². The van der Waals surface area contributed by atoms with Crippen LogP contribution in [0.2, 0.25) is 0 Å². The van der Waals surface area contributed by atoms with Gasteiger partial charge in [0.15, 0.2) is 0 Å². The maximum atomic E-state index is 4.18. The van der Waals surface area contributed by atoms with Crippen molar-refractivity contribution < 1.29 is 0 Å². The van der Waals surface area contributed by atoms with Crippen LogP contribution in [-0.2, 0) is 0 Å². The van der Waals surface area contributed by atoms with Gasteiger partial charge in [0.25, 0.3) is 0 Å². The minimum absolute atomic E-state index is 0.982. The number of unbranched alkanes of at least 4 members (excludes halogenated alkanes) is 10. The van der Waals surface area contributed by atoms with E-state index in [0.29, 0.717) is 0 Å². The summed E-state index contributed by atoms with van der Waals surface area (Å²) in [6, 6.07) is 0. The third-order valence-corrected chi connectivity index (χ3v) is 4.31. The first-order valence-electron chi connectivity index (χ1n) is 10.1. The minimum atomic E-state index is 0.982. The van der Waals surface area contributed by atoms with Crippen LogP contribution in [0.5, 0.6) is 0 Å². The number of rotatable bonds is 16. The summed E-state index contributed by atoms with van der Waals surface area (Å²) in [5.74, 6) is 0. The molecule has 1 aliphatic rings. The molecule has 0 aromatic carbocycles. The van der Waals surface area contributed by atoms with Gasteiger partial charge in [-0.15, -0.1) is 0 Å². The average molecular weight is 338 g/mol. The Hall–Kier alpha value is -1.23. The van der Waals surface area contributed by atoms with Crippen LogP contribution in [0, 0.1) is 0 Å². The second-order valence-electron chi connectivity index (χ2n) is 6.68. The molecule has 0 saturated carbocycles. The van der Waals surface area contributed by atoms with Crippen LogP contribution in [-0.4, -0.2) is 24.4 Å². The molecule has 1 rings (SSSR count). The Balaban J connectivity index is 2.02. The van der Waals surface area contributed by atoms with Crippen molar-refractivity contribution in [1.29, 1.82) is 0 Å². The molecule has 0 amide bonds. The van der Waals surface area contributed by atoms with Crippen LogP contribution in [0.1, 0.15) is 90.9 Å². The fourth-order valence-electron chi connectivity index (χ4n) is 2.78. The molecule has 5 heteroatoms. The van der Waals surface area contributed by atoms with Crippen molar-refractivity contribution >= 4 is 6.21 Å². The highest BCUT2D eigenvalue weighted by Crippen LogP contribution is 2.05. The van der Waals surface area contributed by atoms with E-state index >= 15 is 0 Å². The van der Waals surface area contributed by atoms with Gasteiger partial charge < -0.3 is 5.32 Å². The maximum absolute atomic E-state index is 4.18. The molecular weight excluding hydrogens is 298 g/mol. The molecule has 0 bridgehead atoms. The van der Waals surface area contributed by atoms with Crippen LogP contribution in [0.3, 0.4) is 0 Å². The third-order valence-electron chi connectivity index (χ3n) is 4.31. The normalized spacial score (nSPS) is 13.8. The highest BCUT2D eigenvalue weighted by Gasteiger charge is 2.04. The minimum Gasteiger partial charge on any atom is -0.382 e. The second-order valence-corrected chi connectivity index (χ2v) is 6.68. The molecule has 0 aliphatic carbocycles. The van der Waals surface area contributed by atoms with Crippen LogP contribution in [0.4, 0.5) is 0 Å². The molecule has 5 nitrogen and oxygen atoms in total. The first kappa shape index (κ1) is 20.8. The molecule has 24 heavy (non-hydrogen) atoms. The number of hydrazone groups is 1. The first-order valence-corrected chi connectivity index (χ1v) is 10.1. The molecule has 0 spiro atoms. The van der Waals surface area contributed by atoms with Gasteiger partial charge in [0.05, 0.1) is 18.1 Å².